The van der Waals surface area contributed by atoms with Gasteiger partial charge in [-0.25, -0.2) is 0 Å². The molecule has 0 aromatic rings. The standard InChI is InChI=1S/C8H5FO/c9-8-7-3-1-2-6(7)4-5-10-8/h1-5H. The molecule has 1 heterocycles. The summed E-state index contributed by atoms with van der Waals surface area (Å²) in [7, 11) is 0. The van der Waals surface area contributed by atoms with Crippen LogP contribution in [0.15, 0.2) is 34.9 Å². The lowest BCUT2D eigenvalue weighted by Gasteiger charge is -1.95. The van der Waals surface area contributed by atoms with E-state index >= 15 is 0 Å². The molecule has 0 aromatic heterocycles. The zero-order valence-electron chi connectivity index (χ0n) is 5.17. The van der Waals surface area contributed by atoms with Crippen molar-refractivity contribution >= 4 is 0 Å². The molecule has 1 aliphatic carbocycles. The van der Waals surface area contributed by atoms with Crippen LogP contribution in [0.2, 0.25) is 0 Å². The largest absolute Gasteiger partial charge is 0.439 e. The minimum absolute atomic E-state index is 0.512. The van der Waals surface area contributed by atoms with Gasteiger partial charge < -0.3 is 4.42 Å². The summed E-state index contributed by atoms with van der Waals surface area (Å²) in [4.78, 5) is 0. The Balaban J connectivity index is 2.80. The molecule has 0 amide bonds. The summed E-state index contributed by atoms with van der Waals surface area (Å²) in [6.07, 6.45) is 1.34. The highest BCUT2D eigenvalue weighted by molar-refractivity contribution is 5.64. The molecule has 0 radical (unpaired) electrons. The second-order valence-corrected chi connectivity index (χ2v) is 2.09. The van der Waals surface area contributed by atoms with Crippen LogP contribution < -0.4 is 0 Å². The molecule has 2 heteroatoms. The van der Waals surface area contributed by atoms with Crippen molar-refractivity contribution < 1.29 is 8.81 Å². The molecule has 0 aromatic carbocycles. The summed E-state index contributed by atoms with van der Waals surface area (Å²) in [6.45, 7) is 0. The number of halogens is 1. The van der Waals surface area contributed by atoms with Crippen LogP contribution in [0.1, 0.15) is 0 Å². The van der Waals surface area contributed by atoms with Crippen LogP contribution in [0, 0.1) is 6.01 Å². The summed E-state index contributed by atoms with van der Waals surface area (Å²) in [5, 5.41) is 0. The fraction of sp³-hybridized carbons (Fsp3) is 0. The quantitative estimate of drug-likeness (QED) is 0.542. The minimum Gasteiger partial charge on any atom is -0.439 e. The normalized spacial score (nSPS) is 10.5. The Morgan fingerprint density at radius 2 is 2.10 bits per heavy atom. The molecule has 0 fully saturated rings. The van der Waals surface area contributed by atoms with Gasteiger partial charge in [-0.1, -0.05) is 12.1 Å². The van der Waals surface area contributed by atoms with Crippen molar-refractivity contribution in [2.75, 3.05) is 0 Å². The van der Waals surface area contributed by atoms with Gasteiger partial charge in [-0.2, -0.15) is 4.39 Å². The number of fused-ring (bicyclic) bond motifs is 1. The SMILES string of the molecule is Fc1occc2cccc1-2. The van der Waals surface area contributed by atoms with E-state index in [2.05, 4.69) is 4.42 Å². The van der Waals surface area contributed by atoms with E-state index in [-0.39, 0.29) is 0 Å². The summed E-state index contributed by atoms with van der Waals surface area (Å²) in [5.74, 6) is 0. The second-order valence-electron chi connectivity index (χ2n) is 2.09. The molecule has 0 bridgehead atoms. The first-order valence-corrected chi connectivity index (χ1v) is 2.99. The lowest BCUT2D eigenvalue weighted by molar-refractivity contribution is 0.348. The Morgan fingerprint density at radius 1 is 1.20 bits per heavy atom. The highest BCUT2D eigenvalue weighted by Crippen LogP contribution is 2.24. The van der Waals surface area contributed by atoms with Gasteiger partial charge in [0, 0.05) is 0 Å². The fourth-order valence-electron chi connectivity index (χ4n) is 0.989. The average Bonchev–Trinajstić information content (AvgIpc) is 2.36. The van der Waals surface area contributed by atoms with Crippen molar-refractivity contribution in [3.8, 4) is 11.1 Å². The van der Waals surface area contributed by atoms with Gasteiger partial charge in [0.25, 0.3) is 6.01 Å². The Bertz CT molecular complexity index is 313. The molecule has 0 saturated carbocycles. The molecule has 0 atom stereocenters. The Hall–Kier alpha value is -1.31. The zero-order valence-corrected chi connectivity index (χ0v) is 5.17. The Kier molecular flexibility index (Phi) is 1.01. The van der Waals surface area contributed by atoms with Gasteiger partial charge in [-0.15, -0.1) is 0 Å². The van der Waals surface area contributed by atoms with E-state index < -0.39 is 6.01 Å². The number of rotatable bonds is 0. The average molecular weight is 136 g/mol. The van der Waals surface area contributed by atoms with Crippen LogP contribution in [-0.2, 0) is 0 Å². The minimum atomic E-state index is -0.512. The third kappa shape index (κ3) is 0.620. The molecular formula is C8H5FO. The lowest BCUT2D eigenvalue weighted by Crippen LogP contribution is -1.78. The molecule has 2 aliphatic rings. The van der Waals surface area contributed by atoms with Crippen LogP contribution >= 0.6 is 0 Å². The highest BCUT2D eigenvalue weighted by atomic mass is 19.1. The van der Waals surface area contributed by atoms with Crippen molar-refractivity contribution in [1.82, 2.24) is 0 Å². The molecular weight excluding hydrogens is 131 g/mol. The van der Waals surface area contributed by atoms with Gasteiger partial charge in [-0.05, 0) is 17.7 Å². The van der Waals surface area contributed by atoms with E-state index in [0.717, 1.165) is 5.56 Å². The molecule has 1 nitrogen and oxygen atoms in total. The van der Waals surface area contributed by atoms with E-state index in [1.165, 1.54) is 6.26 Å². The first-order chi connectivity index (χ1) is 4.88. The summed E-state index contributed by atoms with van der Waals surface area (Å²) < 4.78 is 17.2. The van der Waals surface area contributed by atoms with Crippen molar-refractivity contribution in [2.45, 2.75) is 0 Å². The topological polar surface area (TPSA) is 13.1 Å². The van der Waals surface area contributed by atoms with E-state index in [1.807, 2.05) is 6.07 Å². The van der Waals surface area contributed by atoms with E-state index in [9.17, 15) is 4.39 Å². The van der Waals surface area contributed by atoms with Crippen molar-refractivity contribution in [3.63, 3.8) is 0 Å². The predicted octanol–water partition coefficient (Wildman–Crippen LogP) is 2.52. The Morgan fingerprint density at radius 3 is 2.90 bits per heavy atom. The molecule has 0 unspecified atom stereocenters. The lowest BCUT2D eigenvalue weighted by atomic mass is 10.2. The molecule has 10 heavy (non-hydrogen) atoms. The van der Waals surface area contributed by atoms with E-state index in [1.54, 1.807) is 18.2 Å². The van der Waals surface area contributed by atoms with Gasteiger partial charge in [-0.3, -0.25) is 0 Å². The third-order valence-electron chi connectivity index (χ3n) is 1.48. The van der Waals surface area contributed by atoms with E-state index in [4.69, 9.17) is 0 Å². The third-order valence-corrected chi connectivity index (χ3v) is 1.48. The first kappa shape index (κ1) is 5.47. The van der Waals surface area contributed by atoms with Crippen LogP contribution in [0.4, 0.5) is 4.39 Å². The maximum absolute atomic E-state index is 12.7. The molecule has 0 spiro atoms. The fourth-order valence-corrected chi connectivity index (χ4v) is 0.989. The molecule has 0 saturated heterocycles. The van der Waals surface area contributed by atoms with Crippen LogP contribution in [0.3, 0.4) is 0 Å². The van der Waals surface area contributed by atoms with Gasteiger partial charge in [0.05, 0.1) is 11.8 Å². The summed E-state index contributed by atoms with van der Waals surface area (Å²) in [5.41, 5.74) is 1.42. The maximum atomic E-state index is 12.7. The summed E-state index contributed by atoms with van der Waals surface area (Å²) in [6, 6.07) is 6.55. The van der Waals surface area contributed by atoms with Gasteiger partial charge in [0.1, 0.15) is 0 Å². The van der Waals surface area contributed by atoms with Crippen LogP contribution in [-0.4, -0.2) is 0 Å². The van der Waals surface area contributed by atoms with Gasteiger partial charge in [0.2, 0.25) is 0 Å². The van der Waals surface area contributed by atoms with Crippen molar-refractivity contribution in [2.24, 2.45) is 0 Å². The van der Waals surface area contributed by atoms with Gasteiger partial charge in [0.15, 0.2) is 0 Å². The van der Waals surface area contributed by atoms with Crippen LogP contribution in [0.25, 0.3) is 11.1 Å². The van der Waals surface area contributed by atoms with Crippen molar-refractivity contribution in [1.29, 1.82) is 0 Å². The smallest absolute Gasteiger partial charge is 0.285 e. The molecule has 0 N–H and O–H groups in total. The maximum Gasteiger partial charge on any atom is 0.285 e. The molecule has 2 rings (SSSR count). The zero-order chi connectivity index (χ0) is 6.97. The highest BCUT2D eigenvalue weighted by Gasteiger charge is 2.07. The van der Waals surface area contributed by atoms with E-state index in [0.29, 0.717) is 5.56 Å². The summed E-state index contributed by atoms with van der Waals surface area (Å²) >= 11 is 0. The van der Waals surface area contributed by atoms with Crippen LogP contribution in [0.5, 0.6) is 0 Å². The first-order valence-electron chi connectivity index (χ1n) is 2.99. The number of hydrogen-bond acceptors (Lipinski definition) is 1. The predicted molar refractivity (Wildman–Crippen MR) is 35.3 cm³/mol. The Labute approximate surface area is 57.4 Å². The number of hydrogen-bond donors (Lipinski definition) is 0. The molecule has 50 valence electrons. The molecule has 1 aliphatic heterocycles. The van der Waals surface area contributed by atoms with Crippen molar-refractivity contribution in [3.05, 3.63) is 36.5 Å². The van der Waals surface area contributed by atoms with Gasteiger partial charge >= 0.3 is 0 Å². The second kappa shape index (κ2) is 1.84. The monoisotopic (exact) mass is 136 g/mol.